The molecule has 1 aromatic carbocycles. The van der Waals surface area contributed by atoms with Gasteiger partial charge >= 0.3 is 0 Å². The molecule has 7 heteroatoms. The molecular formula is C20H24N4O2S. The highest BCUT2D eigenvalue weighted by Gasteiger charge is 2.26. The van der Waals surface area contributed by atoms with Gasteiger partial charge in [-0.25, -0.2) is 0 Å². The first kappa shape index (κ1) is 18.1. The number of amides is 1. The average Bonchev–Trinajstić information content (AvgIpc) is 3.22. The van der Waals surface area contributed by atoms with Gasteiger partial charge in [-0.1, -0.05) is 43.8 Å². The molecule has 2 aromatic heterocycles. The van der Waals surface area contributed by atoms with Gasteiger partial charge in [-0.2, -0.15) is 0 Å². The fraction of sp³-hybridized carbons (Fsp3) is 0.450. The van der Waals surface area contributed by atoms with Crippen molar-refractivity contribution in [3.63, 3.8) is 0 Å². The van der Waals surface area contributed by atoms with E-state index in [0.29, 0.717) is 29.2 Å². The van der Waals surface area contributed by atoms with Crippen molar-refractivity contribution in [3.8, 4) is 11.6 Å². The van der Waals surface area contributed by atoms with Gasteiger partial charge in [0.05, 0.1) is 5.75 Å². The van der Waals surface area contributed by atoms with Crippen LogP contribution in [0.25, 0.3) is 22.6 Å². The van der Waals surface area contributed by atoms with Crippen LogP contribution < -0.4 is 0 Å². The quantitative estimate of drug-likeness (QED) is 0.640. The molecule has 142 valence electrons. The SMILES string of the molecule is CC1CC(C)CN(C(=O)CSc2nnc(-c3cc4ccccc4o3)n2C)C1. The third-order valence-corrected chi connectivity index (χ3v) is 6.03. The summed E-state index contributed by atoms with van der Waals surface area (Å²) < 4.78 is 7.77. The number of para-hydroxylation sites is 1. The highest BCUT2D eigenvalue weighted by atomic mass is 32.2. The van der Waals surface area contributed by atoms with E-state index in [1.54, 1.807) is 0 Å². The van der Waals surface area contributed by atoms with E-state index in [9.17, 15) is 4.79 Å². The van der Waals surface area contributed by atoms with Crippen LogP contribution >= 0.6 is 11.8 Å². The lowest BCUT2D eigenvalue weighted by Gasteiger charge is -2.34. The number of carbonyl (C=O) groups excluding carboxylic acids is 1. The summed E-state index contributed by atoms with van der Waals surface area (Å²) in [6.45, 7) is 6.14. The molecule has 1 amide bonds. The first-order chi connectivity index (χ1) is 13.0. The van der Waals surface area contributed by atoms with Gasteiger partial charge in [0.1, 0.15) is 5.58 Å². The minimum atomic E-state index is 0.173. The smallest absolute Gasteiger partial charge is 0.233 e. The average molecular weight is 385 g/mol. The third kappa shape index (κ3) is 3.74. The molecule has 4 rings (SSSR count). The summed E-state index contributed by atoms with van der Waals surface area (Å²) in [7, 11) is 1.90. The van der Waals surface area contributed by atoms with Crippen LogP contribution in [0.1, 0.15) is 20.3 Å². The fourth-order valence-corrected chi connectivity index (χ4v) is 4.65. The van der Waals surface area contributed by atoms with Crippen molar-refractivity contribution in [1.82, 2.24) is 19.7 Å². The predicted octanol–water partition coefficient (Wildman–Crippen LogP) is 3.82. The minimum Gasteiger partial charge on any atom is -0.453 e. The fourth-order valence-electron chi connectivity index (χ4n) is 3.83. The number of thioether (sulfide) groups is 1. The molecule has 0 bridgehead atoms. The van der Waals surface area contributed by atoms with Crippen LogP contribution in [-0.4, -0.2) is 44.4 Å². The zero-order chi connectivity index (χ0) is 19.0. The molecule has 0 N–H and O–H groups in total. The molecule has 6 nitrogen and oxygen atoms in total. The summed E-state index contributed by atoms with van der Waals surface area (Å²) in [4.78, 5) is 14.6. The number of hydrogen-bond donors (Lipinski definition) is 0. The first-order valence-corrected chi connectivity index (χ1v) is 10.3. The third-order valence-electron chi connectivity index (χ3n) is 5.03. The van der Waals surface area contributed by atoms with E-state index in [-0.39, 0.29) is 5.91 Å². The Kier molecular flexibility index (Phi) is 4.95. The molecule has 3 heterocycles. The number of carbonyl (C=O) groups is 1. The van der Waals surface area contributed by atoms with Crippen LogP contribution in [-0.2, 0) is 11.8 Å². The highest BCUT2D eigenvalue weighted by Crippen LogP contribution is 2.29. The number of fused-ring (bicyclic) bond motifs is 1. The van der Waals surface area contributed by atoms with Crippen LogP contribution in [0.4, 0.5) is 0 Å². The van der Waals surface area contributed by atoms with Crippen LogP contribution in [0.5, 0.6) is 0 Å². The Balaban J connectivity index is 1.45. The first-order valence-electron chi connectivity index (χ1n) is 9.30. The second-order valence-electron chi connectivity index (χ2n) is 7.55. The second-order valence-corrected chi connectivity index (χ2v) is 8.49. The standard InChI is InChI=1S/C20H24N4O2S/c1-13-8-14(2)11-24(10-13)18(25)12-27-20-22-21-19(23(20)3)17-9-15-6-4-5-7-16(15)26-17/h4-7,9,13-14H,8,10-12H2,1-3H3. The number of nitrogens with zero attached hydrogens (tertiary/aromatic N) is 4. The van der Waals surface area contributed by atoms with Gasteiger partial charge in [0, 0.05) is 25.5 Å². The molecule has 2 atom stereocenters. The summed E-state index contributed by atoms with van der Waals surface area (Å²) >= 11 is 1.43. The second kappa shape index (κ2) is 7.38. The molecular weight excluding hydrogens is 360 g/mol. The number of likely N-dealkylation sites (tertiary alicyclic amines) is 1. The van der Waals surface area contributed by atoms with Crippen LogP contribution in [0, 0.1) is 11.8 Å². The summed E-state index contributed by atoms with van der Waals surface area (Å²) in [5, 5.41) is 10.3. The maximum absolute atomic E-state index is 12.6. The molecule has 0 spiro atoms. The zero-order valence-electron chi connectivity index (χ0n) is 15.9. The lowest BCUT2D eigenvalue weighted by molar-refractivity contribution is -0.130. The van der Waals surface area contributed by atoms with Gasteiger partial charge in [-0.3, -0.25) is 4.79 Å². The topological polar surface area (TPSA) is 64.2 Å². The number of benzene rings is 1. The lowest BCUT2D eigenvalue weighted by Crippen LogP contribution is -2.43. The Bertz CT molecular complexity index is 921. The van der Waals surface area contributed by atoms with E-state index in [0.717, 1.165) is 29.2 Å². The van der Waals surface area contributed by atoms with Gasteiger partial charge in [-0.05, 0) is 30.4 Å². The van der Waals surface area contributed by atoms with E-state index in [1.807, 2.05) is 46.8 Å². The van der Waals surface area contributed by atoms with Gasteiger partial charge in [0.15, 0.2) is 16.7 Å². The number of furan rings is 1. The monoisotopic (exact) mass is 384 g/mol. The van der Waals surface area contributed by atoms with Crippen LogP contribution in [0.2, 0.25) is 0 Å². The summed E-state index contributed by atoms with van der Waals surface area (Å²) in [5.41, 5.74) is 0.827. The van der Waals surface area contributed by atoms with Crippen LogP contribution in [0.15, 0.2) is 39.9 Å². The van der Waals surface area contributed by atoms with Crippen LogP contribution in [0.3, 0.4) is 0 Å². The van der Waals surface area contributed by atoms with E-state index in [4.69, 9.17) is 4.42 Å². The Hall–Kier alpha value is -2.28. The number of piperidine rings is 1. The van der Waals surface area contributed by atoms with Crippen molar-refractivity contribution < 1.29 is 9.21 Å². The molecule has 1 aliphatic heterocycles. The molecule has 1 fully saturated rings. The van der Waals surface area contributed by atoms with E-state index < -0.39 is 0 Å². The molecule has 0 radical (unpaired) electrons. The van der Waals surface area contributed by atoms with E-state index in [1.165, 1.54) is 18.2 Å². The molecule has 0 saturated carbocycles. The van der Waals surface area contributed by atoms with Gasteiger partial charge < -0.3 is 13.9 Å². The summed E-state index contributed by atoms with van der Waals surface area (Å²) in [5.74, 6) is 3.04. The molecule has 1 aliphatic rings. The Labute approximate surface area is 162 Å². The van der Waals surface area contributed by atoms with E-state index in [2.05, 4.69) is 24.0 Å². The van der Waals surface area contributed by atoms with Crippen molar-refractivity contribution in [3.05, 3.63) is 30.3 Å². The Morgan fingerprint density at radius 3 is 2.70 bits per heavy atom. The number of hydrogen-bond acceptors (Lipinski definition) is 5. The normalized spacial score (nSPS) is 20.3. The molecule has 0 aliphatic carbocycles. The van der Waals surface area contributed by atoms with Crippen molar-refractivity contribution in [2.24, 2.45) is 18.9 Å². The minimum absolute atomic E-state index is 0.173. The summed E-state index contributed by atoms with van der Waals surface area (Å²) in [6.07, 6.45) is 1.20. The highest BCUT2D eigenvalue weighted by molar-refractivity contribution is 7.99. The van der Waals surface area contributed by atoms with E-state index >= 15 is 0 Å². The van der Waals surface area contributed by atoms with Crippen molar-refractivity contribution >= 4 is 28.6 Å². The van der Waals surface area contributed by atoms with Crippen molar-refractivity contribution in [1.29, 1.82) is 0 Å². The summed E-state index contributed by atoms with van der Waals surface area (Å²) in [6, 6.07) is 9.84. The number of aromatic nitrogens is 3. The Morgan fingerprint density at radius 2 is 1.96 bits per heavy atom. The van der Waals surface area contributed by atoms with Gasteiger partial charge in [0.2, 0.25) is 5.91 Å². The maximum Gasteiger partial charge on any atom is 0.233 e. The number of rotatable bonds is 4. The van der Waals surface area contributed by atoms with Crippen molar-refractivity contribution in [2.75, 3.05) is 18.8 Å². The molecule has 2 unspecified atom stereocenters. The predicted molar refractivity (Wildman–Crippen MR) is 106 cm³/mol. The molecule has 1 saturated heterocycles. The zero-order valence-corrected chi connectivity index (χ0v) is 16.7. The van der Waals surface area contributed by atoms with Gasteiger partial charge in [0.25, 0.3) is 0 Å². The largest absolute Gasteiger partial charge is 0.453 e. The maximum atomic E-state index is 12.6. The van der Waals surface area contributed by atoms with Crippen molar-refractivity contribution in [2.45, 2.75) is 25.4 Å². The van der Waals surface area contributed by atoms with Gasteiger partial charge in [-0.15, -0.1) is 10.2 Å². The lowest BCUT2D eigenvalue weighted by atomic mass is 9.92. The molecule has 27 heavy (non-hydrogen) atoms. The molecule has 3 aromatic rings. The Morgan fingerprint density at radius 1 is 1.22 bits per heavy atom.